The summed E-state index contributed by atoms with van der Waals surface area (Å²) in [4.78, 5) is 13.4. The molecule has 5 heteroatoms. The van der Waals surface area contributed by atoms with E-state index in [2.05, 4.69) is 14.7 Å². The summed E-state index contributed by atoms with van der Waals surface area (Å²) < 4.78 is 4.03. The Morgan fingerprint density at radius 2 is 2.55 bits per heavy atom. The molecule has 0 radical (unpaired) electrons. The van der Waals surface area contributed by atoms with Crippen molar-refractivity contribution >= 4 is 11.5 Å². The predicted octanol–water partition coefficient (Wildman–Crippen LogP) is -0.0917. The van der Waals surface area contributed by atoms with Crippen molar-refractivity contribution in [1.29, 1.82) is 0 Å². The molecule has 1 aromatic rings. The Morgan fingerprint density at radius 1 is 1.64 bits per heavy atom. The average Bonchev–Trinajstić information content (AvgIpc) is 2.55. The van der Waals surface area contributed by atoms with E-state index in [4.69, 9.17) is 0 Å². The van der Waals surface area contributed by atoms with Crippen LogP contribution in [0.25, 0.3) is 0 Å². The van der Waals surface area contributed by atoms with E-state index in [1.807, 2.05) is 0 Å². The van der Waals surface area contributed by atoms with Crippen molar-refractivity contribution in [3.05, 3.63) is 15.5 Å². The lowest BCUT2D eigenvalue weighted by molar-refractivity contribution is 0.715. The molecule has 0 saturated carbocycles. The summed E-state index contributed by atoms with van der Waals surface area (Å²) in [5, 5.41) is 3.22. The van der Waals surface area contributed by atoms with Gasteiger partial charge in [0.2, 0.25) is 0 Å². The van der Waals surface area contributed by atoms with Crippen LogP contribution < -0.4 is 10.2 Å². The van der Waals surface area contributed by atoms with Crippen molar-refractivity contribution in [2.75, 3.05) is 13.1 Å². The van der Waals surface area contributed by atoms with Gasteiger partial charge in [-0.1, -0.05) is 0 Å². The van der Waals surface area contributed by atoms with Crippen molar-refractivity contribution in [2.45, 2.75) is 12.3 Å². The summed E-state index contributed by atoms with van der Waals surface area (Å²) >= 11 is 1.00. The lowest BCUT2D eigenvalue weighted by atomic mass is 10.1. The molecule has 0 unspecified atom stereocenters. The van der Waals surface area contributed by atoms with Crippen LogP contribution in [0.5, 0.6) is 0 Å². The Balaban J connectivity index is 2.21. The van der Waals surface area contributed by atoms with Gasteiger partial charge in [0.05, 0.1) is 0 Å². The normalized spacial score (nSPS) is 24.2. The van der Waals surface area contributed by atoms with Gasteiger partial charge in [0.25, 0.3) is 0 Å². The highest BCUT2D eigenvalue weighted by Crippen LogP contribution is 2.17. The van der Waals surface area contributed by atoms with E-state index in [0.29, 0.717) is 5.92 Å². The Kier molecular flexibility index (Phi) is 1.75. The molecule has 2 heterocycles. The highest BCUT2D eigenvalue weighted by molar-refractivity contribution is 7.02. The van der Waals surface area contributed by atoms with Crippen LogP contribution >= 0.6 is 11.5 Å². The van der Waals surface area contributed by atoms with E-state index in [1.54, 1.807) is 0 Å². The summed E-state index contributed by atoms with van der Waals surface area (Å²) in [7, 11) is 0. The van der Waals surface area contributed by atoms with Crippen molar-refractivity contribution in [1.82, 2.24) is 14.7 Å². The van der Waals surface area contributed by atoms with Gasteiger partial charge in [-0.2, -0.15) is 4.37 Å². The minimum Gasteiger partial charge on any atom is -0.316 e. The molecule has 1 fully saturated rings. The van der Waals surface area contributed by atoms with Gasteiger partial charge < -0.3 is 5.32 Å². The van der Waals surface area contributed by atoms with E-state index in [1.165, 1.54) is 0 Å². The van der Waals surface area contributed by atoms with Gasteiger partial charge in [-0.15, -0.1) is 0 Å². The lowest BCUT2D eigenvalue weighted by Crippen LogP contribution is -2.09. The minimum atomic E-state index is -0.0492. The summed E-state index contributed by atoms with van der Waals surface area (Å²) in [5.41, 5.74) is 0. The van der Waals surface area contributed by atoms with Crippen molar-refractivity contribution < 1.29 is 0 Å². The van der Waals surface area contributed by atoms with Gasteiger partial charge >= 0.3 is 4.87 Å². The van der Waals surface area contributed by atoms with Crippen LogP contribution in [0.4, 0.5) is 0 Å². The first-order valence-corrected chi connectivity index (χ1v) is 4.40. The summed E-state index contributed by atoms with van der Waals surface area (Å²) in [5.74, 6) is 1.28. The fourth-order valence-corrected chi connectivity index (χ4v) is 1.83. The second-order valence-corrected chi connectivity index (χ2v) is 3.41. The van der Waals surface area contributed by atoms with Gasteiger partial charge in [0.1, 0.15) is 5.82 Å². The molecular weight excluding hydrogens is 162 g/mol. The van der Waals surface area contributed by atoms with Crippen LogP contribution in [0.3, 0.4) is 0 Å². The highest BCUT2D eigenvalue weighted by Gasteiger charge is 2.19. The third-order valence-corrected chi connectivity index (χ3v) is 2.46. The Hall–Kier alpha value is -0.680. The second kappa shape index (κ2) is 2.75. The number of rotatable bonds is 1. The van der Waals surface area contributed by atoms with E-state index < -0.39 is 0 Å². The molecule has 11 heavy (non-hydrogen) atoms. The zero-order chi connectivity index (χ0) is 7.68. The monoisotopic (exact) mass is 171 g/mol. The Labute approximate surface area is 67.8 Å². The molecule has 0 amide bonds. The van der Waals surface area contributed by atoms with Gasteiger partial charge in [-0.05, 0) is 13.0 Å². The number of aromatic nitrogens is 2. The van der Waals surface area contributed by atoms with Crippen LogP contribution in [-0.2, 0) is 0 Å². The molecule has 0 bridgehead atoms. The fourth-order valence-electron chi connectivity index (χ4n) is 1.31. The van der Waals surface area contributed by atoms with Crippen LogP contribution in [0, 0.1) is 0 Å². The molecule has 0 aromatic carbocycles. The number of nitrogens with zero attached hydrogens (tertiary/aromatic N) is 1. The van der Waals surface area contributed by atoms with E-state index in [-0.39, 0.29) is 4.87 Å². The van der Waals surface area contributed by atoms with Gasteiger partial charge in [-0.3, -0.25) is 9.78 Å². The smallest absolute Gasteiger partial charge is 0.316 e. The zero-order valence-electron chi connectivity index (χ0n) is 5.96. The minimum absolute atomic E-state index is 0.0492. The lowest BCUT2D eigenvalue weighted by Gasteiger charge is -2.00. The Bertz CT molecular complexity index is 286. The summed E-state index contributed by atoms with van der Waals surface area (Å²) in [6, 6.07) is 0. The van der Waals surface area contributed by atoms with Crippen LogP contribution in [0.2, 0.25) is 0 Å². The molecule has 1 atom stereocenters. The maximum Gasteiger partial charge on any atom is 0.323 e. The van der Waals surface area contributed by atoms with Gasteiger partial charge in [0, 0.05) is 24.0 Å². The van der Waals surface area contributed by atoms with Crippen molar-refractivity contribution in [2.24, 2.45) is 0 Å². The zero-order valence-corrected chi connectivity index (χ0v) is 6.78. The van der Waals surface area contributed by atoms with Crippen LogP contribution in [0.15, 0.2) is 4.79 Å². The summed E-state index contributed by atoms with van der Waals surface area (Å²) in [6.07, 6.45) is 1.08. The third kappa shape index (κ3) is 1.34. The topological polar surface area (TPSA) is 57.8 Å². The largest absolute Gasteiger partial charge is 0.323 e. The molecule has 1 aromatic heterocycles. The van der Waals surface area contributed by atoms with E-state index in [0.717, 1.165) is 36.9 Å². The molecule has 4 nitrogen and oxygen atoms in total. The van der Waals surface area contributed by atoms with Crippen molar-refractivity contribution in [3.8, 4) is 0 Å². The second-order valence-electron chi connectivity index (χ2n) is 2.67. The average molecular weight is 171 g/mol. The first kappa shape index (κ1) is 7.00. The predicted molar refractivity (Wildman–Crippen MR) is 43.0 cm³/mol. The fraction of sp³-hybridized carbons (Fsp3) is 0.667. The molecule has 2 rings (SSSR count). The van der Waals surface area contributed by atoms with E-state index in [9.17, 15) is 4.79 Å². The summed E-state index contributed by atoms with van der Waals surface area (Å²) in [6.45, 7) is 1.98. The van der Waals surface area contributed by atoms with Crippen LogP contribution in [-0.4, -0.2) is 22.4 Å². The molecule has 2 N–H and O–H groups in total. The number of hydrogen-bond donors (Lipinski definition) is 2. The first-order chi connectivity index (χ1) is 5.36. The van der Waals surface area contributed by atoms with Crippen molar-refractivity contribution in [3.63, 3.8) is 0 Å². The Morgan fingerprint density at radius 3 is 3.09 bits per heavy atom. The molecule has 1 aliphatic rings. The molecule has 0 aliphatic carbocycles. The molecule has 0 spiro atoms. The number of hydrogen-bond acceptors (Lipinski definition) is 4. The number of nitrogens with one attached hydrogen (secondary N) is 2. The number of H-pyrrole nitrogens is 1. The van der Waals surface area contributed by atoms with Crippen LogP contribution in [0.1, 0.15) is 18.2 Å². The van der Waals surface area contributed by atoms with Gasteiger partial charge in [0.15, 0.2) is 0 Å². The molecule has 1 saturated heterocycles. The molecule has 1 aliphatic heterocycles. The first-order valence-electron chi connectivity index (χ1n) is 3.63. The number of aromatic amines is 1. The highest BCUT2D eigenvalue weighted by atomic mass is 32.1. The third-order valence-electron chi connectivity index (χ3n) is 1.90. The van der Waals surface area contributed by atoms with E-state index >= 15 is 0 Å². The maximum atomic E-state index is 10.7. The molecule has 60 valence electrons. The quantitative estimate of drug-likeness (QED) is 0.620. The SMILES string of the molecule is O=c1[nH]c([C@@H]2CCNC2)ns1. The standard InChI is InChI=1S/C6H9N3OS/c10-6-8-5(9-11-6)4-1-2-7-3-4/h4,7H,1-3H2,(H,8,9,10)/t4-/m1/s1. The molecular formula is C6H9N3OS. The maximum absolute atomic E-state index is 10.7. The van der Waals surface area contributed by atoms with Gasteiger partial charge in [-0.25, -0.2) is 0 Å².